The quantitative estimate of drug-likeness (QED) is 0.537. The smallest absolute Gasteiger partial charge is 0.303 e. The van der Waals surface area contributed by atoms with E-state index < -0.39 is 5.97 Å². The zero-order valence-corrected chi connectivity index (χ0v) is 10.6. The van der Waals surface area contributed by atoms with E-state index in [0.29, 0.717) is 38.3 Å². The highest BCUT2D eigenvalue weighted by Gasteiger charge is 2.09. The molecule has 1 amide bonds. The van der Waals surface area contributed by atoms with Crippen molar-refractivity contribution in [2.45, 2.75) is 45.4 Å². The van der Waals surface area contributed by atoms with Crippen LogP contribution in [0.1, 0.15) is 45.4 Å². The van der Waals surface area contributed by atoms with Gasteiger partial charge < -0.3 is 16.2 Å². The predicted octanol–water partition coefficient (Wildman–Crippen LogP) is 1.12. The maximum absolute atomic E-state index is 11.3. The lowest BCUT2D eigenvalue weighted by Gasteiger charge is -2.13. The molecule has 0 heterocycles. The molecular weight excluding hydrogens is 220 g/mol. The minimum absolute atomic E-state index is 0.0311. The second-order valence-corrected chi connectivity index (χ2v) is 4.24. The minimum Gasteiger partial charge on any atom is -0.481 e. The standard InChI is InChI=1S/C12H24N2O3/c1-2-10(5-6-12(16)17)7-9-14-11(15)4-3-8-13/h10H,2-9,13H2,1H3,(H,14,15)(H,16,17). The highest BCUT2D eigenvalue weighted by Crippen LogP contribution is 2.14. The van der Waals surface area contributed by atoms with E-state index in [2.05, 4.69) is 5.32 Å². The van der Waals surface area contributed by atoms with Crippen LogP contribution in [0, 0.1) is 5.92 Å². The Kier molecular flexibility index (Phi) is 9.43. The van der Waals surface area contributed by atoms with Crippen LogP contribution in [0.2, 0.25) is 0 Å². The van der Waals surface area contributed by atoms with Crippen molar-refractivity contribution in [3.63, 3.8) is 0 Å². The molecule has 5 heteroatoms. The van der Waals surface area contributed by atoms with Crippen LogP contribution in [0.3, 0.4) is 0 Å². The van der Waals surface area contributed by atoms with Gasteiger partial charge in [-0.15, -0.1) is 0 Å². The van der Waals surface area contributed by atoms with Crippen LogP contribution >= 0.6 is 0 Å². The lowest BCUT2D eigenvalue weighted by atomic mass is 9.96. The molecular formula is C12H24N2O3. The van der Waals surface area contributed by atoms with Crippen molar-refractivity contribution in [2.24, 2.45) is 11.7 Å². The normalized spacial score (nSPS) is 12.1. The Labute approximate surface area is 103 Å². The zero-order valence-electron chi connectivity index (χ0n) is 10.6. The van der Waals surface area contributed by atoms with Gasteiger partial charge in [-0.25, -0.2) is 0 Å². The summed E-state index contributed by atoms with van der Waals surface area (Å²) in [6.07, 6.45) is 3.87. The molecule has 0 saturated carbocycles. The highest BCUT2D eigenvalue weighted by atomic mass is 16.4. The molecule has 0 aromatic carbocycles. The van der Waals surface area contributed by atoms with Crippen molar-refractivity contribution in [2.75, 3.05) is 13.1 Å². The number of hydrogen-bond acceptors (Lipinski definition) is 3. The maximum Gasteiger partial charge on any atom is 0.303 e. The van der Waals surface area contributed by atoms with E-state index in [4.69, 9.17) is 10.8 Å². The van der Waals surface area contributed by atoms with Gasteiger partial charge >= 0.3 is 5.97 Å². The van der Waals surface area contributed by atoms with Crippen molar-refractivity contribution in [3.05, 3.63) is 0 Å². The summed E-state index contributed by atoms with van der Waals surface area (Å²) in [5.41, 5.74) is 5.31. The summed E-state index contributed by atoms with van der Waals surface area (Å²) in [5, 5.41) is 11.4. The maximum atomic E-state index is 11.3. The fourth-order valence-electron chi connectivity index (χ4n) is 1.65. The van der Waals surface area contributed by atoms with Gasteiger partial charge in [-0.05, 0) is 31.7 Å². The zero-order chi connectivity index (χ0) is 13.1. The van der Waals surface area contributed by atoms with E-state index in [9.17, 15) is 9.59 Å². The van der Waals surface area contributed by atoms with E-state index in [0.717, 1.165) is 12.8 Å². The average molecular weight is 244 g/mol. The van der Waals surface area contributed by atoms with Gasteiger partial charge in [0.25, 0.3) is 0 Å². The van der Waals surface area contributed by atoms with Gasteiger partial charge in [0.05, 0.1) is 0 Å². The molecule has 1 atom stereocenters. The Hall–Kier alpha value is -1.10. The number of carboxylic acid groups (broad SMARTS) is 1. The molecule has 0 rings (SSSR count). The van der Waals surface area contributed by atoms with E-state index >= 15 is 0 Å². The summed E-state index contributed by atoms with van der Waals surface area (Å²) in [4.78, 5) is 21.7. The van der Waals surface area contributed by atoms with Crippen LogP contribution in [0.15, 0.2) is 0 Å². The van der Waals surface area contributed by atoms with Crippen LogP contribution < -0.4 is 11.1 Å². The second kappa shape index (κ2) is 10.1. The van der Waals surface area contributed by atoms with Gasteiger partial charge in [0.1, 0.15) is 0 Å². The van der Waals surface area contributed by atoms with Crippen molar-refractivity contribution in [1.29, 1.82) is 0 Å². The van der Waals surface area contributed by atoms with Gasteiger partial charge in [-0.3, -0.25) is 9.59 Å². The largest absolute Gasteiger partial charge is 0.481 e. The lowest BCUT2D eigenvalue weighted by Crippen LogP contribution is -2.26. The Morgan fingerprint density at radius 2 is 2.00 bits per heavy atom. The van der Waals surface area contributed by atoms with Gasteiger partial charge in [0, 0.05) is 19.4 Å². The van der Waals surface area contributed by atoms with E-state index in [-0.39, 0.29) is 12.3 Å². The fraction of sp³-hybridized carbons (Fsp3) is 0.833. The third kappa shape index (κ3) is 9.81. The van der Waals surface area contributed by atoms with Gasteiger partial charge in [0.2, 0.25) is 5.91 Å². The molecule has 1 unspecified atom stereocenters. The average Bonchev–Trinajstić information content (AvgIpc) is 2.30. The van der Waals surface area contributed by atoms with Crippen LogP contribution in [-0.4, -0.2) is 30.1 Å². The number of carboxylic acids is 1. The molecule has 0 aliphatic carbocycles. The topological polar surface area (TPSA) is 92.4 Å². The first-order chi connectivity index (χ1) is 8.10. The highest BCUT2D eigenvalue weighted by molar-refractivity contribution is 5.75. The molecule has 0 aromatic rings. The third-order valence-corrected chi connectivity index (χ3v) is 2.83. The first-order valence-electron chi connectivity index (χ1n) is 6.28. The number of carbonyl (C=O) groups excluding carboxylic acids is 1. The Balaban J connectivity index is 3.61. The first kappa shape index (κ1) is 15.9. The minimum atomic E-state index is -0.754. The van der Waals surface area contributed by atoms with Crippen molar-refractivity contribution in [3.8, 4) is 0 Å². The Bertz CT molecular complexity index is 232. The van der Waals surface area contributed by atoms with Gasteiger partial charge in [0.15, 0.2) is 0 Å². The number of aliphatic carboxylic acids is 1. The summed E-state index contributed by atoms with van der Waals surface area (Å²) in [5.74, 6) is -0.347. The van der Waals surface area contributed by atoms with Crippen molar-refractivity contribution < 1.29 is 14.7 Å². The molecule has 0 saturated heterocycles. The number of nitrogens with two attached hydrogens (primary N) is 1. The van der Waals surface area contributed by atoms with Crippen LogP contribution in [0.25, 0.3) is 0 Å². The molecule has 0 aliphatic rings. The molecule has 0 bridgehead atoms. The monoisotopic (exact) mass is 244 g/mol. The summed E-state index contributed by atoms with van der Waals surface area (Å²) in [6.45, 7) is 3.20. The van der Waals surface area contributed by atoms with E-state index in [1.165, 1.54) is 0 Å². The SMILES string of the molecule is CCC(CCNC(=O)CCCN)CCC(=O)O. The van der Waals surface area contributed by atoms with E-state index in [1.54, 1.807) is 0 Å². The van der Waals surface area contributed by atoms with Crippen molar-refractivity contribution in [1.82, 2.24) is 5.32 Å². The number of nitrogens with one attached hydrogen (secondary N) is 1. The molecule has 0 fully saturated rings. The third-order valence-electron chi connectivity index (χ3n) is 2.83. The lowest BCUT2D eigenvalue weighted by molar-refractivity contribution is -0.137. The molecule has 0 aromatic heterocycles. The van der Waals surface area contributed by atoms with Crippen LogP contribution in [0.5, 0.6) is 0 Å². The van der Waals surface area contributed by atoms with Gasteiger partial charge in [-0.2, -0.15) is 0 Å². The van der Waals surface area contributed by atoms with Crippen molar-refractivity contribution >= 4 is 11.9 Å². The van der Waals surface area contributed by atoms with E-state index in [1.807, 2.05) is 6.92 Å². The molecule has 5 nitrogen and oxygen atoms in total. The van der Waals surface area contributed by atoms with Crippen LogP contribution in [-0.2, 0) is 9.59 Å². The Morgan fingerprint density at radius 3 is 2.53 bits per heavy atom. The molecule has 0 spiro atoms. The number of amides is 1. The second-order valence-electron chi connectivity index (χ2n) is 4.24. The number of rotatable bonds is 10. The summed E-state index contributed by atoms with van der Waals surface area (Å²) in [7, 11) is 0. The summed E-state index contributed by atoms with van der Waals surface area (Å²) >= 11 is 0. The molecule has 0 radical (unpaired) electrons. The molecule has 0 aliphatic heterocycles. The Morgan fingerprint density at radius 1 is 1.29 bits per heavy atom. The first-order valence-corrected chi connectivity index (χ1v) is 6.28. The molecule has 17 heavy (non-hydrogen) atoms. The molecule has 4 N–H and O–H groups in total. The van der Waals surface area contributed by atoms with Gasteiger partial charge in [-0.1, -0.05) is 13.3 Å². The number of carbonyl (C=O) groups is 2. The summed E-state index contributed by atoms with van der Waals surface area (Å²) < 4.78 is 0. The fourth-order valence-corrected chi connectivity index (χ4v) is 1.65. The molecule has 100 valence electrons. The van der Waals surface area contributed by atoms with Crippen LogP contribution in [0.4, 0.5) is 0 Å². The predicted molar refractivity (Wildman–Crippen MR) is 66.6 cm³/mol. The number of hydrogen-bond donors (Lipinski definition) is 3. The summed E-state index contributed by atoms with van der Waals surface area (Å²) in [6, 6.07) is 0.